The summed E-state index contributed by atoms with van der Waals surface area (Å²) in [5.41, 5.74) is 1.02. The summed E-state index contributed by atoms with van der Waals surface area (Å²) in [7, 11) is 0. The predicted molar refractivity (Wildman–Crippen MR) is 102 cm³/mol. The van der Waals surface area contributed by atoms with E-state index >= 15 is 0 Å². The molecule has 142 valence electrons. The van der Waals surface area contributed by atoms with Crippen LogP contribution in [0.2, 0.25) is 0 Å². The van der Waals surface area contributed by atoms with Gasteiger partial charge in [-0.05, 0) is 30.3 Å². The first-order valence-electron chi connectivity index (χ1n) is 8.49. The lowest BCUT2D eigenvalue weighted by Crippen LogP contribution is -2.13. The van der Waals surface area contributed by atoms with Gasteiger partial charge < -0.3 is 20.1 Å². The van der Waals surface area contributed by atoms with E-state index in [4.69, 9.17) is 9.47 Å². The molecule has 2 rings (SSSR count). The number of hydrogen-bond donors (Lipinski definition) is 2. The van der Waals surface area contributed by atoms with Crippen LogP contribution in [0.25, 0.3) is 0 Å². The van der Waals surface area contributed by atoms with Crippen LogP contribution < -0.4 is 15.4 Å². The lowest BCUT2D eigenvalue weighted by Gasteiger charge is -2.11. The second kappa shape index (κ2) is 9.96. The molecule has 0 heterocycles. The molecule has 0 saturated carbocycles. The van der Waals surface area contributed by atoms with Crippen molar-refractivity contribution < 1.29 is 23.9 Å². The summed E-state index contributed by atoms with van der Waals surface area (Å²) in [5, 5.41) is 5.18. The maximum absolute atomic E-state index is 12.3. The van der Waals surface area contributed by atoms with Gasteiger partial charge in [0.25, 0.3) is 0 Å². The van der Waals surface area contributed by atoms with Crippen LogP contribution in [0.3, 0.4) is 0 Å². The number of amides is 2. The fraction of sp³-hybridized carbons (Fsp3) is 0.250. The van der Waals surface area contributed by atoms with Gasteiger partial charge in [-0.15, -0.1) is 0 Å². The van der Waals surface area contributed by atoms with Gasteiger partial charge in [0, 0.05) is 31.6 Å². The molecule has 0 bridgehead atoms. The number of anilines is 2. The second-order valence-electron chi connectivity index (χ2n) is 5.81. The molecule has 2 amide bonds. The van der Waals surface area contributed by atoms with E-state index in [2.05, 4.69) is 10.6 Å². The van der Waals surface area contributed by atoms with Crippen LogP contribution in [0.1, 0.15) is 30.6 Å². The molecular weight excluding hydrogens is 348 g/mol. The Morgan fingerprint density at radius 3 is 2.00 bits per heavy atom. The van der Waals surface area contributed by atoms with Crippen molar-refractivity contribution in [3.8, 4) is 5.75 Å². The van der Waals surface area contributed by atoms with E-state index in [1.54, 1.807) is 6.07 Å². The maximum Gasteiger partial charge on any atom is 0.338 e. The third-order valence-electron chi connectivity index (χ3n) is 3.34. The summed E-state index contributed by atoms with van der Waals surface area (Å²) >= 11 is 0. The van der Waals surface area contributed by atoms with Crippen molar-refractivity contribution in [1.82, 2.24) is 0 Å². The summed E-state index contributed by atoms with van der Waals surface area (Å²) in [4.78, 5) is 34.8. The van der Waals surface area contributed by atoms with E-state index in [0.29, 0.717) is 24.4 Å². The molecular formula is C20H22N2O5. The van der Waals surface area contributed by atoms with E-state index < -0.39 is 5.97 Å². The fourth-order valence-corrected chi connectivity index (χ4v) is 2.31. The Hall–Kier alpha value is -3.35. The minimum absolute atomic E-state index is 0.186. The third kappa shape index (κ3) is 7.19. The summed E-state index contributed by atoms with van der Waals surface area (Å²) in [6, 6.07) is 13.9. The van der Waals surface area contributed by atoms with Crippen LogP contribution in [-0.4, -0.2) is 31.0 Å². The van der Waals surface area contributed by atoms with Crippen molar-refractivity contribution in [2.75, 3.05) is 23.8 Å². The zero-order valence-electron chi connectivity index (χ0n) is 15.3. The van der Waals surface area contributed by atoms with Crippen molar-refractivity contribution >= 4 is 29.2 Å². The Labute approximate surface area is 157 Å². The largest absolute Gasteiger partial charge is 0.493 e. The monoisotopic (exact) mass is 370 g/mol. The molecule has 2 aromatic rings. The fourth-order valence-electron chi connectivity index (χ4n) is 2.31. The van der Waals surface area contributed by atoms with Gasteiger partial charge in [0.15, 0.2) is 0 Å². The SMILES string of the molecule is CC(=O)Nc1cc(NC(C)=O)cc(C(=O)OCCCOc2ccccc2)c1. The van der Waals surface area contributed by atoms with E-state index in [9.17, 15) is 14.4 Å². The minimum atomic E-state index is -0.548. The first-order chi connectivity index (χ1) is 12.9. The molecule has 0 unspecified atom stereocenters. The lowest BCUT2D eigenvalue weighted by molar-refractivity contribution is -0.115. The molecule has 0 aliphatic carbocycles. The zero-order chi connectivity index (χ0) is 19.6. The molecule has 0 aromatic heterocycles. The molecule has 0 spiro atoms. The second-order valence-corrected chi connectivity index (χ2v) is 5.81. The first-order valence-corrected chi connectivity index (χ1v) is 8.49. The van der Waals surface area contributed by atoms with E-state index in [1.165, 1.54) is 26.0 Å². The molecule has 0 aliphatic rings. The Morgan fingerprint density at radius 2 is 1.44 bits per heavy atom. The number of para-hydroxylation sites is 1. The number of ether oxygens (including phenoxy) is 2. The summed E-state index contributed by atoms with van der Waals surface area (Å²) in [5.74, 6) is -0.361. The quantitative estimate of drug-likeness (QED) is 0.550. The van der Waals surface area contributed by atoms with E-state index in [-0.39, 0.29) is 24.0 Å². The first kappa shape index (κ1) is 20.0. The number of benzene rings is 2. The van der Waals surface area contributed by atoms with Gasteiger partial charge in [0.05, 0.1) is 18.8 Å². The summed E-state index contributed by atoms with van der Waals surface area (Å²) in [6.45, 7) is 3.32. The number of carbonyl (C=O) groups is 3. The van der Waals surface area contributed by atoms with Crippen LogP contribution in [0, 0.1) is 0 Å². The van der Waals surface area contributed by atoms with E-state index in [0.717, 1.165) is 5.75 Å². The topological polar surface area (TPSA) is 93.7 Å². The smallest absolute Gasteiger partial charge is 0.338 e. The number of nitrogens with one attached hydrogen (secondary N) is 2. The van der Waals surface area contributed by atoms with Gasteiger partial charge in [-0.1, -0.05) is 18.2 Å². The number of hydrogen-bond acceptors (Lipinski definition) is 5. The highest BCUT2D eigenvalue weighted by atomic mass is 16.5. The molecule has 7 nitrogen and oxygen atoms in total. The Morgan fingerprint density at radius 1 is 0.852 bits per heavy atom. The standard InChI is InChI=1S/C20H22N2O5/c1-14(23)21-17-11-16(12-18(13-17)22-15(2)24)20(25)27-10-6-9-26-19-7-4-3-5-8-19/h3-5,7-8,11-13H,6,9-10H2,1-2H3,(H,21,23)(H,22,24). The Balaban J connectivity index is 1.91. The molecule has 2 aromatic carbocycles. The van der Waals surface area contributed by atoms with Crippen molar-refractivity contribution in [3.63, 3.8) is 0 Å². The lowest BCUT2D eigenvalue weighted by atomic mass is 10.1. The average molecular weight is 370 g/mol. The van der Waals surface area contributed by atoms with Crippen LogP contribution in [0.5, 0.6) is 5.75 Å². The molecule has 0 aliphatic heterocycles. The number of rotatable bonds is 8. The van der Waals surface area contributed by atoms with Crippen LogP contribution in [0.4, 0.5) is 11.4 Å². The molecule has 27 heavy (non-hydrogen) atoms. The van der Waals surface area contributed by atoms with E-state index in [1.807, 2.05) is 30.3 Å². The van der Waals surface area contributed by atoms with Gasteiger partial charge in [0.1, 0.15) is 5.75 Å². The third-order valence-corrected chi connectivity index (χ3v) is 3.34. The molecule has 0 atom stereocenters. The van der Waals surface area contributed by atoms with Crippen molar-refractivity contribution in [3.05, 3.63) is 54.1 Å². The van der Waals surface area contributed by atoms with Crippen molar-refractivity contribution in [2.24, 2.45) is 0 Å². The van der Waals surface area contributed by atoms with Crippen LogP contribution in [0.15, 0.2) is 48.5 Å². The van der Waals surface area contributed by atoms with Crippen molar-refractivity contribution in [2.45, 2.75) is 20.3 Å². The highest BCUT2D eigenvalue weighted by molar-refractivity contribution is 5.97. The number of esters is 1. The zero-order valence-corrected chi connectivity index (χ0v) is 15.3. The highest BCUT2D eigenvalue weighted by Crippen LogP contribution is 2.20. The van der Waals surface area contributed by atoms with Gasteiger partial charge in [-0.3, -0.25) is 9.59 Å². The normalized spacial score (nSPS) is 10.0. The summed E-state index contributed by atoms with van der Waals surface area (Å²) < 4.78 is 10.8. The molecule has 7 heteroatoms. The van der Waals surface area contributed by atoms with Gasteiger partial charge in [-0.25, -0.2) is 4.79 Å². The van der Waals surface area contributed by atoms with Gasteiger partial charge in [0.2, 0.25) is 11.8 Å². The average Bonchev–Trinajstić information content (AvgIpc) is 2.60. The Bertz CT molecular complexity index is 771. The Kier molecular flexibility index (Phi) is 7.37. The molecule has 0 radical (unpaired) electrons. The maximum atomic E-state index is 12.3. The van der Waals surface area contributed by atoms with Crippen LogP contribution in [-0.2, 0) is 14.3 Å². The van der Waals surface area contributed by atoms with Crippen molar-refractivity contribution in [1.29, 1.82) is 0 Å². The van der Waals surface area contributed by atoms with Gasteiger partial charge in [-0.2, -0.15) is 0 Å². The molecule has 0 fully saturated rings. The molecule has 2 N–H and O–H groups in total. The van der Waals surface area contributed by atoms with Crippen LogP contribution >= 0.6 is 0 Å². The predicted octanol–water partition coefficient (Wildman–Crippen LogP) is 3.23. The molecule has 0 saturated heterocycles. The highest BCUT2D eigenvalue weighted by Gasteiger charge is 2.12. The minimum Gasteiger partial charge on any atom is -0.493 e. The number of carbonyl (C=O) groups excluding carboxylic acids is 3. The van der Waals surface area contributed by atoms with Gasteiger partial charge >= 0.3 is 5.97 Å². The summed E-state index contributed by atoms with van der Waals surface area (Å²) in [6.07, 6.45) is 0.532.